The summed E-state index contributed by atoms with van der Waals surface area (Å²) in [4.78, 5) is 5.20. The molecule has 1 spiro atoms. The standard InChI is InChI=1S/C16H24N2/c1-2-17-10-8-16(9-11-17)13-18(14-16)12-15-6-4-3-5-7-15/h3-7H,2,8-14H2,1H3. The van der Waals surface area contributed by atoms with Crippen molar-refractivity contribution in [2.45, 2.75) is 26.3 Å². The number of nitrogens with zero attached hydrogens (tertiary/aromatic N) is 2. The summed E-state index contributed by atoms with van der Waals surface area (Å²) in [7, 11) is 0. The van der Waals surface area contributed by atoms with Crippen molar-refractivity contribution in [2.24, 2.45) is 5.41 Å². The molecule has 2 aliphatic heterocycles. The highest BCUT2D eigenvalue weighted by Crippen LogP contribution is 2.40. The summed E-state index contributed by atoms with van der Waals surface area (Å²) in [5.74, 6) is 0. The molecule has 0 unspecified atom stereocenters. The molecule has 2 saturated heterocycles. The van der Waals surface area contributed by atoms with Crippen LogP contribution >= 0.6 is 0 Å². The molecule has 0 saturated carbocycles. The maximum absolute atomic E-state index is 2.61. The molecule has 98 valence electrons. The smallest absolute Gasteiger partial charge is 0.0234 e. The van der Waals surface area contributed by atoms with E-state index in [9.17, 15) is 0 Å². The van der Waals surface area contributed by atoms with Gasteiger partial charge in [-0.15, -0.1) is 0 Å². The van der Waals surface area contributed by atoms with E-state index in [2.05, 4.69) is 47.1 Å². The van der Waals surface area contributed by atoms with E-state index < -0.39 is 0 Å². The molecule has 1 aromatic carbocycles. The van der Waals surface area contributed by atoms with E-state index in [-0.39, 0.29) is 0 Å². The Bertz CT molecular complexity index is 371. The van der Waals surface area contributed by atoms with Crippen LogP contribution < -0.4 is 0 Å². The van der Waals surface area contributed by atoms with Gasteiger partial charge in [-0.2, -0.15) is 0 Å². The number of benzene rings is 1. The Hall–Kier alpha value is -0.860. The minimum Gasteiger partial charge on any atom is -0.304 e. The summed E-state index contributed by atoms with van der Waals surface area (Å²) < 4.78 is 0. The second-order valence-electron chi connectivity index (χ2n) is 6.07. The molecule has 0 aliphatic carbocycles. The molecule has 2 fully saturated rings. The van der Waals surface area contributed by atoms with Gasteiger partial charge < -0.3 is 4.90 Å². The molecule has 3 rings (SSSR count). The van der Waals surface area contributed by atoms with Gasteiger partial charge in [-0.3, -0.25) is 4.90 Å². The molecule has 1 aromatic rings. The number of rotatable bonds is 3. The van der Waals surface area contributed by atoms with E-state index in [1.54, 1.807) is 0 Å². The van der Waals surface area contributed by atoms with Crippen molar-refractivity contribution in [3.8, 4) is 0 Å². The van der Waals surface area contributed by atoms with Crippen LogP contribution in [-0.4, -0.2) is 42.5 Å². The van der Waals surface area contributed by atoms with Gasteiger partial charge in [-0.25, -0.2) is 0 Å². The predicted molar refractivity (Wildman–Crippen MR) is 75.5 cm³/mol. The average molecular weight is 244 g/mol. The Kier molecular flexibility index (Phi) is 3.40. The highest BCUT2D eigenvalue weighted by atomic mass is 15.2. The van der Waals surface area contributed by atoms with E-state index >= 15 is 0 Å². The second-order valence-corrected chi connectivity index (χ2v) is 6.07. The van der Waals surface area contributed by atoms with Gasteiger partial charge in [0.05, 0.1) is 0 Å². The normalized spacial score (nSPS) is 24.1. The SMILES string of the molecule is CCN1CCC2(CC1)CN(Cc1ccccc1)C2. The van der Waals surface area contributed by atoms with Crippen LogP contribution in [0.3, 0.4) is 0 Å². The minimum atomic E-state index is 0.667. The fourth-order valence-electron chi connectivity index (χ4n) is 3.52. The Morgan fingerprint density at radius 3 is 2.28 bits per heavy atom. The maximum atomic E-state index is 2.61. The predicted octanol–water partition coefficient (Wildman–Crippen LogP) is 2.60. The summed E-state index contributed by atoms with van der Waals surface area (Å²) in [5, 5.41) is 0. The van der Waals surface area contributed by atoms with Gasteiger partial charge in [0.25, 0.3) is 0 Å². The Balaban J connectivity index is 1.49. The summed E-state index contributed by atoms with van der Waals surface area (Å²) in [6, 6.07) is 10.9. The van der Waals surface area contributed by atoms with Crippen molar-refractivity contribution < 1.29 is 0 Å². The molecular formula is C16H24N2. The summed E-state index contributed by atoms with van der Waals surface area (Å²) >= 11 is 0. The molecule has 0 atom stereocenters. The van der Waals surface area contributed by atoms with Crippen molar-refractivity contribution in [3.63, 3.8) is 0 Å². The van der Waals surface area contributed by atoms with Gasteiger partial charge in [-0.1, -0.05) is 37.3 Å². The first kappa shape index (κ1) is 12.2. The molecule has 0 amide bonds. The van der Waals surface area contributed by atoms with Crippen LogP contribution in [0.5, 0.6) is 0 Å². The Morgan fingerprint density at radius 1 is 1.00 bits per heavy atom. The first-order chi connectivity index (χ1) is 8.80. The molecule has 2 heteroatoms. The Labute approximate surface area is 111 Å². The highest BCUT2D eigenvalue weighted by Gasteiger charge is 2.44. The summed E-state index contributed by atoms with van der Waals surface area (Å²) in [5.41, 5.74) is 2.12. The molecule has 0 bridgehead atoms. The lowest BCUT2D eigenvalue weighted by Gasteiger charge is -2.54. The third-order valence-electron chi connectivity index (χ3n) is 4.73. The van der Waals surface area contributed by atoms with Crippen LogP contribution in [0, 0.1) is 5.41 Å². The molecule has 2 aliphatic rings. The lowest BCUT2D eigenvalue weighted by atomic mass is 9.72. The first-order valence-electron chi connectivity index (χ1n) is 7.28. The van der Waals surface area contributed by atoms with Crippen molar-refractivity contribution in [1.29, 1.82) is 0 Å². The first-order valence-corrected chi connectivity index (χ1v) is 7.28. The molecule has 2 nitrogen and oxygen atoms in total. The van der Waals surface area contributed by atoms with E-state index in [1.807, 2.05) is 0 Å². The maximum Gasteiger partial charge on any atom is 0.0234 e. The second kappa shape index (κ2) is 5.02. The van der Waals surface area contributed by atoms with E-state index in [4.69, 9.17) is 0 Å². The zero-order valence-electron chi connectivity index (χ0n) is 11.4. The van der Waals surface area contributed by atoms with Gasteiger partial charge in [0.2, 0.25) is 0 Å². The van der Waals surface area contributed by atoms with E-state index in [0.29, 0.717) is 5.41 Å². The van der Waals surface area contributed by atoms with Crippen LogP contribution in [0.2, 0.25) is 0 Å². The lowest BCUT2D eigenvalue weighted by Crippen LogP contribution is -2.59. The molecule has 0 radical (unpaired) electrons. The van der Waals surface area contributed by atoms with E-state index in [1.165, 1.54) is 51.1 Å². The van der Waals surface area contributed by atoms with Crippen LogP contribution in [0.15, 0.2) is 30.3 Å². The van der Waals surface area contributed by atoms with Crippen LogP contribution in [0.1, 0.15) is 25.3 Å². The molecular weight excluding hydrogens is 220 g/mol. The Morgan fingerprint density at radius 2 is 1.67 bits per heavy atom. The fourth-order valence-corrected chi connectivity index (χ4v) is 3.52. The number of piperidine rings is 1. The van der Waals surface area contributed by atoms with Crippen LogP contribution in [0.4, 0.5) is 0 Å². The van der Waals surface area contributed by atoms with Crippen molar-refractivity contribution in [3.05, 3.63) is 35.9 Å². The number of likely N-dealkylation sites (tertiary alicyclic amines) is 2. The quantitative estimate of drug-likeness (QED) is 0.806. The summed E-state index contributed by atoms with van der Waals surface area (Å²) in [6.45, 7) is 9.91. The fraction of sp³-hybridized carbons (Fsp3) is 0.625. The van der Waals surface area contributed by atoms with Crippen LogP contribution in [-0.2, 0) is 6.54 Å². The van der Waals surface area contributed by atoms with Gasteiger partial charge >= 0.3 is 0 Å². The van der Waals surface area contributed by atoms with Gasteiger partial charge in [0, 0.05) is 19.6 Å². The number of hydrogen-bond acceptors (Lipinski definition) is 2. The highest BCUT2D eigenvalue weighted by molar-refractivity contribution is 5.15. The molecule has 0 aromatic heterocycles. The van der Waals surface area contributed by atoms with Crippen molar-refractivity contribution in [2.75, 3.05) is 32.7 Å². The zero-order valence-corrected chi connectivity index (χ0v) is 11.4. The van der Waals surface area contributed by atoms with Crippen LogP contribution in [0.25, 0.3) is 0 Å². The van der Waals surface area contributed by atoms with Gasteiger partial charge in [-0.05, 0) is 43.5 Å². The molecule has 0 N–H and O–H groups in total. The average Bonchev–Trinajstić information content (AvgIpc) is 2.39. The molecule has 2 heterocycles. The third-order valence-corrected chi connectivity index (χ3v) is 4.73. The largest absolute Gasteiger partial charge is 0.304 e. The third kappa shape index (κ3) is 2.45. The monoisotopic (exact) mass is 244 g/mol. The lowest BCUT2D eigenvalue weighted by molar-refractivity contribution is -0.0502. The summed E-state index contributed by atoms with van der Waals surface area (Å²) in [6.07, 6.45) is 2.82. The van der Waals surface area contributed by atoms with Gasteiger partial charge in [0.15, 0.2) is 0 Å². The van der Waals surface area contributed by atoms with E-state index in [0.717, 1.165) is 6.54 Å². The van der Waals surface area contributed by atoms with Crippen molar-refractivity contribution >= 4 is 0 Å². The van der Waals surface area contributed by atoms with Gasteiger partial charge in [0.1, 0.15) is 0 Å². The number of hydrogen-bond donors (Lipinski definition) is 0. The van der Waals surface area contributed by atoms with Crippen molar-refractivity contribution in [1.82, 2.24) is 9.80 Å². The zero-order chi connectivity index (χ0) is 12.4. The molecule has 18 heavy (non-hydrogen) atoms. The minimum absolute atomic E-state index is 0.667. The topological polar surface area (TPSA) is 6.48 Å².